The van der Waals surface area contributed by atoms with Crippen LogP contribution >= 0.6 is 0 Å². The van der Waals surface area contributed by atoms with Crippen molar-refractivity contribution < 1.29 is 0 Å². The lowest BCUT2D eigenvalue weighted by Crippen LogP contribution is -2.13. The van der Waals surface area contributed by atoms with Crippen LogP contribution in [0.1, 0.15) is 48.0 Å². The standard InChI is InChI=1S/C12H24/c1-7-10(8(2)3)11-9(4)12(11,5)6/h8-11H,7H2,1-6H3. The highest BCUT2D eigenvalue weighted by Crippen LogP contribution is 2.63. The van der Waals surface area contributed by atoms with Crippen LogP contribution in [0.3, 0.4) is 0 Å². The van der Waals surface area contributed by atoms with Crippen LogP contribution in [0, 0.1) is 29.1 Å². The fourth-order valence-electron chi connectivity index (χ4n) is 3.00. The predicted octanol–water partition coefficient (Wildman–Crippen LogP) is 3.96. The van der Waals surface area contributed by atoms with Crippen molar-refractivity contribution in [3.63, 3.8) is 0 Å². The van der Waals surface area contributed by atoms with Gasteiger partial charge in [-0.1, -0.05) is 48.0 Å². The Morgan fingerprint density at radius 2 is 1.67 bits per heavy atom. The highest BCUT2D eigenvalue weighted by molar-refractivity contribution is 5.05. The molecule has 1 fully saturated rings. The fraction of sp³-hybridized carbons (Fsp3) is 1.00. The van der Waals surface area contributed by atoms with Crippen molar-refractivity contribution in [2.45, 2.75) is 48.0 Å². The van der Waals surface area contributed by atoms with Gasteiger partial charge < -0.3 is 0 Å². The zero-order chi connectivity index (χ0) is 9.52. The van der Waals surface area contributed by atoms with Gasteiger partial charge in [0.25, 0.3) is 0 Å². The van der Waals surface area contributed by atoms with E-state index in [9.17, 15) is 0 Å². The van der Waals surface area contributed by atoms with Crippen molar-refractivity contribution in [2.75, 3.05) is 0 Å². The van der Waals surface area contributed by atoms with E-state index in [1.165, 1.54) is 6.42 Å². The third kappa shape index (κ3) is 1.41. The number of hydrogen-bond donors (Lipinski definition) is 0. The van der Waals surface area contributed by atoms with Crippen molar-refractivity contribution in [3.05, 3.63) is 0 Å². The summed E-state index contributed by atoms with van der Waals surface area (Å²) < 4.78 is 0. The lowest BCUT2D eigenvalue weighted by atomic mass is 9.85. The van der Waals surface area contributed by atoms with Gasteiger partial charge in [0.05, 0.1) is 0 Å². The van der Waals surface area contributed by atoms with Gasteiger partial charge >= 0.3 is 0 Å². The summed E-state index contributed by atoms with van der Waals surface area (Å²) in [4.78, 5) is 0. The molecule has 3 unspecified atom stereocenters. The quantitative estimate of drug-likeness (QED) is 0.598. The minimum atomic E-state index is 0.630. The van der Waals surface area contributed by atoms with Crippen LogP contribution in [0.2, 0.25) is 0 Å². The van der Waals surface area contributed by atoms with Gasteiger partial charge in [-0.25, -0.2) is 0 Å². The maximum Gasteiger partial charge on any atom is -0.0292 e. The third-order valence-electron chi connectivity index (χ3n) is 4.25. The highest BCUT2D eigenvalue weighted by atomic mass is 14.6. The lowest BCUT2D eigenvalue weighted by Gasteiger charge is -2.20. The van der Waals surface area contributed by atoms with Gasteiger partial charge in [0.15, 0.2) is 0 Å². The van der Waals surface area contributed by atoms with Gasteiger partial charge in [-0.05, 0) is 29.1 Å². The molecule has 0 radical (unpaired) electrons. The molecule has 0 saturated heterocycles. The molecule has 0 nitrogen and oxygen atoms in total. The first-order valence-corrected chi connectivity index (χ1v) is 5.42. The minimum Gasteiger partial charge on any atom is -0.0651 e. The molecule has 0 bridgehead atoms. The number of hydrogen-bond acceptors (Lipinski definition) is 0. The second kappa shape index (κ2) is 3.05. The zero-order valence-electron chi connectivity index (χ0n) is 9.52. The Hall–Kier alpha value is 0. The van der Waals surface area contributed by atoms with Crippen LogP contribution in [0.4, 0.5) is 0 Å². The van der Waals surface area contributed by atoms with E-state index < -0.39 is 0 Å². The molecule has 0 aliphatic heterocycles. The summed E-state index contributed by atoms with van der Waals surface area (Å²) in [5, 5.41) is 0. The normalized spacial score (nSPS) is 35.2. The highest BCUT2D eigenvalue weighted by Gasteiger charge is 2.57. The Labute approximate surface area is 77.7 Å². The molecule has 72 valence electrons. The Balaban J connectivity index is 2.59. The van der Waals surface area contributed by atoms with E-state index >= 15 is 0 Å². The molecule has 0 aromatic heterocycles. The predicted molar refractivity (Wildman–Crippen MR) is 55.1 cm³/mol. The van der Waals surface area contributed by atoms with E-state index in [2.05, 4.69) is 41.5 Å². The van der Waals surface area contributed by atoms with E-state index in [0.717, 1.165) is 23.7 Å². The second-order valence-corrected chi connectivity index (χ2v) is 5.45. The first-order chi connectivity index (χ1) is 5.42. The molecule has 0 aromatic carbocycles. The van der Waals surface area contributed by atoms with Crippen LogP contribution in [0.25, 0.3) is 0 Å². The molecule has 0 aromatic rings. The van der Waals surface area contributed by atoms with Crippen LogP contribution in [0.15, 0.2) is 0 Å². The molecule has 3 atom stereocenters. The first kappa shape index (κ1) is 10.1. The first-order valence-electron chi connectivity index (χ1n) is 5.42. The van der Waals surface area contributed by atoms with Gasteiger partial charge in [-0.3, -0.25) is 0 Å². The van der Waals surface area contributed by atoms with E-state index in [-0.39, 0.29) is 0 Å². The van der Waals surface area contributed by atoms with Crippen molar-refractivity contribution >= 4 is 0 Å². The molecule has 1 aliphatic rings. The minimum absolute atomic E-state index is 0.630. The molecular formula is C12H24. The van der Waals surface area contributed by atoms with Crippen LogP contribution in [0.5, 0.6) is 0 Å². The van der Waals surface area contributed by atoms with Gasteiger partial charge in [-0.2, -0.15) is 0 Å². The van der Waals surface area contributed by atoms with E-state index in [0.29, 0.717) is 5.41 Å². The van der Waals surface area contributed by atoms with Crippen molar-refractivity contribution in [3.8, 4) is 0 Å². The number of rotatable bonds is 3. The van der Waals surface area contributed by atoms with Crippen molar-refractivity contribution in [2.24, 2.45) is 29.1 Å². The van der Waals surface area contributed by atoms with Crippen molar-refractivity contribution in [1.29, 1.82) is 0 Å². The Morgan fingerprint density at radius 1 is 1.25 bits per heavy atom. The lowest BCUT2D eigenvalue weighted by molar-refractivity contribution is 0.290. The monoisotopic (exact) mass is 168 g/mol. The van der Waals surface area contributed by atoms with E-state index in [1.54, 1.807) is 0 Å². The Kier molecular flexibility index (Phi) is 2.56. The van der Waals surface area contributed by atoms with E-state index in [4.69, 9.17) is 0 Å². The zero-order valence-corrected chi connectivity index (χ0v) is 9.52. The fourth-order valence-corrected chi connectivity index (χ4v) is 3.00. The molecule has 12 heavy (non-hydrogen) atoms. The Bertz CT molecular complexity index is 155. The van der Waals surface area contributed by atoms with Gasteiger partial charge in [0, 0.05) is 0 Å². The summed E-state index contributed by atoms with van der Waals surface area (Å²) in [5.41, 5.74) is 0.630. The molecule has 0 spiro atoms. The molecule has 1 saturated carbocycles. The third-order valence-corrected chi connectivity index (χ3v) is 4.25. The summed E-state index contributed by atoms with van der Waals surface area (Å²) in [7, 11) is 0. The van der Waals surface area contributed by atoms with Crippen LogP contribution < -0.4 is 0 Å². The van der Waals surface area contributed by atoms with Crippen molar-refractivity contribution in [1.82, 2.24) is 0 Å². The van der Waals surface area contributed by atoms with Gasteiger partial charge in [0.2, 0.25) is 0 Å². The molecule has 0 amide bonds. The SMILES string of the molecule is CCC(C(C)C)C1C(C)C1(C)C. The molecule has 1 rings (SSSR count). The van der Waals surface area contributed by atoms with Gasteiger partial charge in [-0.15, -0.1) is 0 Å². The smallest absolute Gasteiger partial charge is 0.0292 e. The van der Waals surface area contributed by atoms with Crippen LogP contribution in [-0.2, 0) is 0 Å². The topological polar surface area (TPSA) is 0 Å². The maximum atomic E-state index is 2.42. The molecule has 1 aliphatic carbocycles. The van der Waals surface area contributed by atoms with Crippen LogP contribution in [-0.4, -0.2) is 0 Å². The summed E-state index contributed by atoms with van der Waals surface area (Å²) in [6.45, 7) is 14.3. The summed E-state index contributed by atoms with van der Waals surface area (Å²) in [5.74, 6) is 3.76. The molecular weight excluding hydrogens is 144 g/mol. The second-order valence-electron chi connectivity index (χ2n) is 5.45. The maximum absolute atomic E-state index is 2.42. The summed E-state index contributed by atoms with van der Waals surface area (Å²) in [6.07, 6.45) is 1.36. The van der Waals surface area contributed by atoms with Gasteiger partial charge in [0.1, 0.15) is 0 Å². The average molecular weight is 168 g/mol. The largest absolute Gasteiger partial charge is 0.0651 e. The average Bonchev–Trinajstić information content (AvgIpc) is 2.39. The Morgan fingerprint density at radius 3 is 1.75 bits per heavy atom. The molecule has 0 N–H and O–H groups in total. The molecule has 0 heterocycles. The summed E-state index contributed by atoms with van der Waals surface area (Å²) >= 11 is 0. The molecule has 0 heteroatoms. The van der Waals surface area contributed by atoms with E-state index in [1.807, 2.05) is 0 Å². The summed E-state index contributed by atoms with van der Waals surface area (Å²) in [6, 6.07) is 0.